The van der Waals surface area contributed by atoms with Crippen LogP contribution in [0.4, 0.5) is 17.1 Å². The van der Waals surface area contributed by atoms with Crippen LogP contribution < -0.4 is 10.0 Å². The lowest BCUT2D eigenvalue weighted by Gasteiger charge is -2.11. The van der Waals surface area contributed by atoms with Crippen LogP contribution in [0.5, 0.6) is 0 Å². The molecule has 0 bridgehead atoms. The summed E-state index contributed by atoms with van der Waals surface area (Å²) >= 11 is 0. The highest BCUT2D eigenvalue weighted by atomic mass is 32.2. The van der Waals surface area contributed by atoms with E-state index in [0.717, 1.165) is 17.8 Å². The third-order valence-corrected chi connectivity index (χ3v) is 5.16. The number of hydrogen-bond acceptors (Lipinski definition) is 3. The second kappa shape index (κ2) is 8.20. The topological polar surface area (TPSA) is 58.2 Å². The highest BCUT2D eigenvalue weighted by molar-refractivity contribution is 7.92. The number of anilines is 3. The average Bonchev–Trinajstić information content (AvgIpc) is 2.55. The van der Waals surface area contributed by atoms with Crippen LogP contribution in [0, 0.1) is 0 Å². The summed E-state index contributed by atoms with van der Waals surface area (Å²) in [5, 5.41) is 3.32. The van der Waals surface area contributed by atoms with Crippen molar-refractivity contribution in [2.45, 2.75) is 39.5 Å². The second-order valence-corrected chi connectivity index (χ2v) is 8.10. The van der Waals surface area contributed by atoms with Crippen molar-refractivity contribution in [3.05, 3.63) is 54.1 Å². The number of benzene rings is 2. The molecule has 130 valence electrons. The van der Waals surface area contributed by atoms with E-state index in [4.69, 9.17) is 0 Å². The Morgan fingerprint density at radius 1 is 0.875 bits per heavy atom. The van der Waals surface area contributed by atoms with E-state index in [1.54, 1.807) is 12.1 Å². The lowest BCUT2D eigenvalue weighted by molar-refractivity contribution is 0.598. The molecule has 2 rings (SSSR count). The van der Waals surface area contributed by atoms with E-state index in [-0.39, 0.29) is 5.75 Å². The molecule has 0 aliphatic rings. The number of sulfonamides is 1. The third-order valence-electron chi connectivity index (χ3n) is 3.79. The van der Waals surface area contributed by atoms with Gasteiger partial charge in [0.1, 0.15) is 0 Å². The third kappa shape index (κ3) is 5.57. The fourth-order valence-corrected chi connectivity index (χ4v) is 3.57. The van der Waals surface area contributed by atoms with Crippen molar-refractivity contribution in [3.8, 4) is 0 Å². The van der Waals surface area contributed by atoms with Crippen molar-refractivity contribution < 1.29 is 8.42 Å². The van der Waals surface area contributed by atoms with Crippen molar-refractivity contribution in [1.82, 2.24) is 0 Å². The molecule has 0 heterocycles. The quantitative estimate of drug-likeness (QED) is 0.699. The molecule has 0 aliphatic carbocycles. The Balaban J connectivity index is 1.99. The number of nitrogens with one attached hydrogen (secondary N) is 2. The molecule has 2 aromatic carbocycles. The minimum Gasteiger partial charge on any atom is -0.356 e. The molecule has 0 aliphatic heterocycles. The first-order chi connectivity index (χ1) is 11.4. The molecule has 0 atom stereocenters. The summed E-state index contributed by atoms with van der Waals surface area (Å²) in [6.07, 6.45) is 1.53. The van der Waals surface area contributed by atoms with Crippen LogP contribution >= 0.6 is 0 Å². The van der Waals surface area contributed by atoms with E-state index >= 15 is 0 Å². The minimum absolute atomic E-state index is 0.158. The number of hydrogen-bond donors (Lipinski definition) is 2. The number of unbranched alkanes of at least 4 members (excludes halogenated alkanes) is 1. The van der Waals surface area contributed by atoms with Crippen LogP contribution in [-0.2, 0) is 10.0 Å². The van der Waals surface area contributed by atoms with Gasteiger partial charge in [0.25, 0.3) is 0 Å². The molecule has 24 heavy (non-hydrogen) atoms. The Morgan fingerprint density at radius 2 is 1.38 bits per heavy atom. The molecule has 2 aromatic rings. The van der Waals surface area contributed by atoms with Crippen molar-refractivity contribution in [2.75, 3.05) is 15.8 Å². The Hall–Kier alpha value is -2.01. The molecule has 0 spiro atoms. The summed E-state index contributed by atoms with van der Waals surface area (Å²) in [6, 6.07) is 15.6. The zero-order valence-corrected chi connectivity index (χ0v) is 15.4. The van der Waals surface area contributed by atoms with E-state index < -0.39 is 10.0 Å². The van der Waals surface area contributed by atoms with Crippen molar-refractivity contribution >= 4 is 27.1 Å². The fourth-order valence-electron chi connectivity index (χ4n) is 2.30. The van der Waals surface area contributed by atoms with Gasteiger partial charge in [-0.15, -0.1) is 0 Å². The molecule has 5 heteroatoms. The van der Waals surface area contributed by atoms with Gasteiger partial charge < -0.3 is 5.32 Å². The van der Waals surface area contributed by atoms with E-state index in [9.17, 15) is 8.42 Å². The van der Waals surface area contributed by atoms with Crippen molar-refractivity contribution in [2.24, 2.45) is 0 Å². The van der Waals surface area contributed by atoms with Crippen LogP contribution in [0.2, 0.25) is 0 Å². The van der Waals surface area contributed by atoms with Crippen LogP contribution in [0.1, 0.15) is 45.1 Å². The molecule has 2 N–H and O–H groups in total. The van der Waals surface area contributed by atoms with E-state index in [2.05, 4.69) is 48.2 Å². The first kappa shape index (κ1) is 18.3. The maximum atomic E-state index is 11.9. The predicted octanol–water partition coefficient (Wildman–Crippen LogP) is 5.10. The lowest BCUT2D eigenvalue weighted by atomic mass is 10.0. The normalized spacial score (nSPS) is 11.5. The SMILES string of the molecule is CCCCS(=O)(=O)Nc1ccc(Nc2ccc(C(C)C)cc2)cc1. The standard InChI is InChI=1S/C19H26N2O2S/c1-4-5-14-24(22,23)21-19-12-10-18(11-13-19)20-17-8-6-16(7-9-17)15(2)3/h6-13,15,20-21H,4-5,14H2,1-3H3. The van der Waals surface area contributed by atoms with Gasteiger partial charge in [-0.1, -0.05) is 39.3 Å². The molecule has 0 aromatic heterocycles. The first-order valence-electron chi connectivity index (χ1n) is 8.37. The lowest BCUT2D eigenvalue weighted by Crippen LogP contribution is -2.16. The largest absolute Gasteiger partial charge is 0.356 e. The Bertz CT molecular complexity index is 736. The minimum atomic E-state index is -3.25. The van der Waals surface area contributed by atoms with Crippen LogP contribution in [0.25, 0.3) is 0 Å². The number of rotatable bonds is 8. The highest BCUT2D eigenvalue weighted by Crippen LogP contribution is 2.22. The van der Waals surface area contributed by atoms with Gasteiger partial charge in [0.2, 0.25) is 10.0 Å². The molecule has 4 nitrogen and oxygen atoms in total. The van der Waals surface area contributed by atoms with E-state index in [1.807, 2.05) is 19.1 Å². The molecule has 0 amide bonds. The van der Waals surface area contributed by atoms with Gasteiger partial charge in [-0.25, -0.2) is 8.42 Å². The van der Waals surface area contributed by atoms with Gasteiger partial charge in [-0.2, -0.15) is 0 Å². The van der Waals surface area contributed by atoms with Crippen LogP contribution in [0.15, 0.2) is 48.5 Å². The second-order valence-electron chi connectivity index (χ2n) is 6.25. The molecular formula is C19H26N2O2S. The maximum Gasteiger partial charge on any atom is 0.232 e. The summed E-state index contributed by atoms with van der Waals surface area (Å²) in [7, 11) is -3.25. The molecule has 0 unspecified atom stereocenters. The monoisotopic (exact) mass is 346 g/mol. The Labute approximate surface area is 145 Å². The summed E-state index contributed by atoms with van der Waals surface area (Å²) in [5.41, 5.74) is 3.82. The van der Waals surface area contributed by atoms with E-state index in [1.165, 1.54) is 5.56 Å². The van der Waals surface area contributed by atoms with E-state index in [0.29, 0.717) is 18.0 Å². The maximum absolute atomic E-state index is 11.9. The van der Waals surface area contributed by atoms with Crippen molar-refractivity contribution in [3.63, 3.8) is 0 Å². The van der Waals surface area contributed by atoms with Gasteiger partial charge in [-0.05, 0) is 54.3 Å². The summed E-state index contributed by atoms with van der Waals surface area (Å²) in [4.78, 5) is 0. The van der Waals surface area contributed by atoms with Crippen LogP contribution in [0.3, 0.4) is 0 Å². The molecule has 0 saturated heterocycles. The van der Waals surface area contributed by atoms with Gasteiger partial charge in [0, 0.05) is 17.1 Å². The molecule has 0 fully saturated rings. The zero-order chi connectivity index (χ0) is 17.6. The van der Waals surface area contributed by atoms with Crippen molar-refractivity contribution in [1.29, 1.82) is 0 Å². The summed E-state index contributed by atoms with van der Waals surface area (Å²) in [5.74, 6) is 0.671. The first-order valence-corrected chi connectivity index (χ1v) is 10.0. The smallest absolute Gasteiger partial charge is 0.232 e. The van der Waals surface area contributed by atoms with Gasteiger partial charge in [0.05, 0.1) is 5.75 Å². The fraction of sp³-hybridized carbons (Fsp3) is 0.368. The van der Waals surface area contributed by atoms with Gasteiger partial charge in [0.15, 0.2) is 0 Å². The Morgan fingerprint density at radius 3 is 1.88 bits per heavy atom. The van der Waals surface area contributed by atoms with Gasteiger partial charge in [-0.3, -0.25) is 4.72 Å². The molecular weight excluding hydrogens is 320 g/mol. The predicted molar refractivity (Wildman–Crippen MR) is 103 cm³/mol. The molecule has 0 radical (unpaired) electrons. The Kier molecular flexibility index (Phi) is 6.26. The van der Waals surface area contributed by atoms with Crippen LogP contribution in [-0.4, -0.2) is 14.2 Å². The zero-order valence-electron chi connectivity index (χ0n) is 14.5. The summed E-state index contributed by atoms with van der Waals surface area (Å²) in [6.45, 7) is 6.31. The average molecular weight is 346 g/mol. The molecule has 0 saturated carbocycles. The summed E-state index contributed by atoms with van der Waals surface area (Å²) < 4.78 is 26.4. The van der Waals surface area contributed by atoms with Gasteiger partial charge >= 0.3 is 0 Å². The highest BCUT2D eigenvalue weighted by Gasteiger charge is 2.09.